The van der Waals surface area contributed by atoms with E-state index in [1.807, 2.05) is 0 Å². The van der Waals surface area contributed by atoms with Gasteiger partial charge in [0.25, 0.3) is 0 Å². The Balaban J connectivity index is 0.000000465. The Morgan fingerprint density at radius 2 is 1.52 bits per heavy atom. The molecule has 1 N–H and O–H groups in total. The number of hydrogen-bond donors (Lipinski definition) is 1. The van der Waals surface area contributed by atoms with Crippen LogP contribution in [0.15, 0.2) is 12.4 Å². The van der Waals surface area contributed by atoms with Gasteiger partial charge in [0.15, 0.2) is 22.0 Å². The number of aliphatic hydroxyl groups is 1. The molecule has 2 aromatic rings. The molecule has 15 heteroatoms. The average Bonchev–Trinajstić information content (AvgIpc) is 2.46. The summed E-state index contributed by atoms with van der Waals surface area (Å²) in [5, 5.41) is 8.70. The summed E-state index contributed by atoms with van der Waals surface area (Å²) in [6.45, 7) is 0. The van der Waals surface area contributed by atoms with E-state index in [9.17, 15) is 17.8 Å². The van der Waals surface area contributed by atoms with Crippen LogP contribution >= 0.6 is 46.4 Å². The Labute approximate surface area is 183 Å². The summed E-state index contributed by atoms with van der Waals surface area (Å²) in [5.74, 6) is 0. The Morgan fingerprint density at radius 3 is 1.92 bits per heavy atom. The van der Waals surface area contributed by atoms with Crippen molar-refractivity contribution in [2.45, 2.75) is 5.44 Å². The Hall–Kier alpha value is -0.140. The second kappa shape index (κ2) is 10.9. The number of aromatic nitrogens is 4. The van der Waals surface area contributed by atoms with E-state index >= 15 is 0 Å². The van der Waals surface area contributed by atoms with Gasteiger partial charge in [-0.25, -0.2) is 23.4 Å². The number of nitrogens with zero attached hydrogens (tertiary/aromatic N) is 4. The molecule has 0 bridgehead atoms. The normalized spacial score (nSPS) is 11.6. The fraction of sp³-hybridized carbons (Fsp3) is 0.100. The molecule has 130 valence electrons. The van der Waals surface area contributed by atoms with Crippen LogP contribution < -0.4 is 29.6 Å². The van der Waals surface area contributed by atoms with E-state index in [1.165, 1.54) is 6.20 Å². The molecule has 1 atom stereocenters. The summed E-state index contributed by atoms with van der Waals surface area (Å²) in [6, 6.07) is 0. The molecular weight excluding hydrogens is 453 g/mol. The van der Waals surface area contributed by atoms with Gasteiger partial charge < -0.3 is 9.66 Å². The van der Waals surface area contributed by atoms with Crippen molar-refractivity contribution in [3.05, 3.63) is 44.4 Å². The van der Waals surface area contributed by atoms with Gasteiger partial charge in [0, 0.05) is 0 Å². The van der Waals surface area contributed by atoms with E-state index in [1.54, 1.807) is 0 Å². The van der Waals surface area contributed by atoms with Crippen molar-refractivity contribution in [2.75, 3.05) is 0 Å². The molecule has 0 radical (unpaired) electrons. The number of carbonyl (C=O) groups excluding carboxylic acids is 1. The predicted molar refractivity (Wildman–Crippen MR) is 84.1 cm³/mol. The van der Waals surface area contributed by atoms with Crippen molar-refractivity contribution >= 4 is 62.8 Å². The predicted octanol–water partition coefficient (Wildman–Crippen LogP) is -1.08. The topological polar surface area (TPSA) is 146 Å². The molecule has 0 amide bonds. The third-order valence-electron chi connectivity index (χ3n) is 2.07. The van der Waals surface area contributed by atoms with Crippen molar-refractivity contribution in [3.63, 3.8) is 0 Å². The van der Waals surface area contributed by atoms with Crippen LogP contribution in [0.1, 0.15) is 21.6 Å². The van der Waals surface area contributed by atoms with Gasteiger partial charge in [-0.2, -0.15) is 0 Å². The molecule has 9 nitrogen and oxygen atoms in total. The molecule has 0 saturated heterocycles. The first kappa shape index (κ1) is 24.9. The molecule has 0 aliphatic heterocycles. The second-order valence-electron chi connectivity index (χ2n) is 3.70. The maximum atomic E-state index is 10.4. The van der Waals surface area contributed by atoms with E-state index in [-0.39, 0.29) is 50.7 Å². The maximum absolute atomic E-state index is 10.4. The van der Waals surface area contributed by atoms with Crippen molar-refractivity contribution < 1.29 is 52.4 Å². The Morgan fingerprint density at radius 1 is 1.04 bits per heavy atom. The van der Waals surface area contributed by atoms with Crippen LogP contribution in [-0.4, -0.2) is 44.3 Å². The number of hydrogen-bond acceptors (Lipinski definition) is 9. The van der Waals surface area contributed by atoms with Gasteiger partial charge in [0.05, 0.1) is 12.4 Å². The minimum atomic E-state index is -4.92. The second-order valence-corrected chi connectivity index (χ2v) is 6.62. The SMILES string of the molecule is O=Cc1ncc(Cl)nc1Cl.O=S(=O)([O-])C(O)c1ncc(Cl)nc1Cl.[Na+]. The third kappa shape index (κ3) is 7.95. The Bertz CT molecular complexity index is 857. The van der Waals surface area contributed by atoms with Crippen LogP contribution in [0.25, 0.3) is 0 Å². The number of halogens is 4. The van der Waals surface area contributed by atoms with Crippen molar-refractivity contribution in [1.29, 1.82) is 0 Å². The van der Waals surface area contributed by atoms with Gasteiger partial charge in [-0.1, -0.05) is 46.4 Å². The molecule has 0 saturated carbocycles. The average molecular weight is 458 g/mol. The van der Waals surface area contributed by atoms with Crippen LogP contribution in [0.5, 0.6) is 0 Å². The smallest absolute Gasteiger partial charge is 0.746 e. The zero-order chi connectivity index (χ0) is 18.5. The summed E-state index contributed by atoms with van der Waals surface area (Å²) in [5.41, 5.74) is -2.77. The van der Waals surface area contributed by atoms with Crippen LogP contribution in [0.4, 0.5) is 0 Å². The zero-order valence-electron chi connectivity index (χ0n) is 12.1. The van der Waals surface area contributed by atoms with Crippen molar-refractivity contribution in [3.8, 4) is 0 Å². The first-order chi connectivity index (χ1) is 11.1. The van der Waals surface area contributed by atoms with Crippen molar-refractivity contribution in [1.82, 2.24) is 19.9 Å². The van der Waals surface area contributed by atoms with Gasteiger partial charge in [0.1, 0.15) is 31.8 Å². The molecule has 0 aromatic carbocycles. The van der Waals surface area contributed by atoms with E-state index in [0.717, 1.165) is 6.20 Å². The first-order valence-electron chi connectivity index (χ1n) is 5.50. The van der Waals surface area contributed by atoms with E-state index < -0.39 is 26.4 Å². The van der Waals surface area contributed by atoms with Gasteiger partial charge in [-0.05, 0) is 0 Å². The number of aliphatic hydroxyl groups excluding tert-OH is 1. The first-order valence-corrected chi connectivity index (χ1v) is 8.48. The third-order valence-corrected chi connectivity index (χ3v) is 3.76. The summed E-state index contributed by atoms with van der Waals surface area (Å²) in [4.78, 5) is 24.1. The van der Waals surface area contributed by atoms with Gasteiger partial charge in [-0.3, -0.25) is 9.78 Å². The molecule has 1 unspecified atom stereocenters. The minimum absolute atomic E-state index is 0. The van der Waals surface area contributed by atoms with Gasteiger partial charge in [-0.15, -0.1) is 0 Å². The van der Waals surface area contributed by atoms with Crippen LogP contribution in [0, 0.1) is 0 Å². The molecule has 2 aromatic heterocycles. The van der Waals surface area contributed by atoms with E-state index in [0.29, 0.717) is 6.29 Å². The van der Waals surface area contributed by atoms with E-state index in [4.69, 9.17) is 51.5 Å². The van der Waals surface area contributed by atoms with Gasteiger partial charge in [0.2, 0.25) is 0 Å². The molecule has 2 rings (SSSR count). The molecule has 0 aliphatic rings. The molecule has 25 heavy (non-hydrogen) atoms. The summed E-state index contributed by atoms with van der Waals surface area (Å²) in [6.07, 6.45) is 2.75. The number of aldehydes is 1. The van der Waals surface area contributed by atoms with E-state index in [2.05, 4.69) is 19.9 Å². The van der Waals surface area contributed by atoms with Crippen LogP contribution in [0.2, 0.25) is 20.6 Å². The molecular formula is C10H5Cl4N4NaO5S. The standard InChI is InChI=1S/C5H4Cl2N2O4S.C5H2Cl2N2O.Na/c6-2-1-8-3(4(7)9-2)5(10)14(11,12)13;6-4-1-8-3(2-10)5(7)9-4;/h1,5,10H,(H,11,12,13);1-2H;/q;;+1/p-1. The minimum Gasteiger partial charge on any atom is -0.746 e. The quantitative estimate of drug-likeness (QED) is 0.345. The summed E-state index contributed by atoms with van der Waals surface area (Å²) < 4.78 is 31.2. The fourth-order valence-corrected chi connectivity index (χ4v) is 2.38. The number of carbonyl (C=O) groups is 1. The molecule has 2 heterocycles. The van der Waals surface area contributed by atoms with Crippen molar-refractivity contribution in [2.24, 2.45) is 0 Å². The zero-order valence-corrected chi connectivity index (χ0v) is 17.9. The fourth-order valence-electron chi connectivity index (χ4n) is 1.09. The van der Waals surface area contributed by atoms with Crippen LogP contribution in [0.3, 0.4) is 0 Å². The monoisotopic (exact) mass is 456 g/mol. The van der Waals surface area contributed by atoms with Gasteiger partial charge >= 0.3 is 29.6 Å². The molecule has 0 spiro atoms. The van der Waals surface area contributed by atoms with Crippen LogP contribution in [-0.2, 0) is 10.1 Å². The number of rotatable bonds is 3. The largest absolute Gasteiger partial charge is 1.00 e. The maximum Gasteiger partial charge on any atom is 1.00 e. The Kier molecular flexibility index (Phi) is 10.8. The summed E-state index contributed by atoms with van der Waals surface area (Å²) in [7, 11) is -4.92. The summed E-state index contributed by atoms with van der Waals surface area (Å²) >= 11 is 21.6. The molecule has 0 aliphatic carbocycles. The molecule has 0 fully saturated rings.